The molecular formula is C13H14ClN3O2S. The number of hydrogen-bond donors (Lipinski definition) is 2. The molecule has 7 heteroatoms. The quantitative estimate of drug-likeness (QED) is 0.903. The van der Waals surface area contributed by atoms with Gasteiger partial charge in [0.15, 0.2) is 0 Å². The number of hydrogen-bond acceptors (Lipinski definition) is 5. The molecule has 0 fully saturated rings. The number of carboxylic acid groups (broad SMARTS) is 1. The molecule has 0 unspecified atom stereocenters. The van der Waals surface area contributed by atoms with Gasteiger partial charge in [-0.1, -0.05) is 30.0 Å². The summed E-state index contributed by atoms with van der Waals surface area (Å²) < 4.78 is 0. The molecule has 2 N–H and O–H groups in total. The number of halogens is 1. The lowest BCUT2D eigenvalue weighted by atomic mass is 10.4. The van der Waals surface area contributed by atoms with E-state index >= 15 is 0 Å². The lowest BCUT2D eigenvalue weighted by molar-refractivity contribution is 0.0683. The smallest absolute Gasteiger partial charge is 0.374 e. The number of carbonyl (C=O) groups is 1. The molecule has 0 spiro atoms. The second-order valence-corrected chi connectivity index (χ2v) is 4.86. The Hall–Kier alpha value is -1.79. The predicted molar refractivity (Wildman–Crippen MR) is 81.1 cm³/mol. The van der Waals surface area contributed by atoms with Crippen molar-refractivity contribution >= 4 is 36.0 Å². The number of rotatable bonds is 4. The van der Waals surface area contributed by atoms with Crippen LogP contribution in [0.2, 0.25) is 0 Å². The standard InChI is InChI=1S/C13H13N3O2S.ClH/c1-8-10(19-9-6-4-3-5-7-9)11(14-2)16-12(15-8)13(17)18;/h3-7H,1-2H3,(H,17,18)(H,14,15,16);1H. The number of aryl methyl sites for hydroxylation is 1. The maximum Gasteiger partial charge on any atom is 0.374 e. The molecule has 5 nitrogen and oxygen atoms in total. The molecule has 2 aromatic rings. The molecule has 0 aliphatic rings. The Balaban J connectivity index is 0.00000200. The fourth-order valence-corrected chi connectivity index (χ4v) is 2.52. The zero-order valence-corrected chi connectivity index (χ0v) is 12.6. The largest absolute Gasteiger partial charge is 0.475 e. The van der Waals surface area contributed by atoms with Gasteiger partial charge >= 0.3 is 5.97 Å². The lowest BCUT2D eigenvalue weighted by Crippen LogP contribution is -2.09. The highest BCUT2D eigenvalue weighted by molar-refractivity contribution is 7.99. The van der Waals surface area contributed by atoms with Crippen LogP contribution >= 0.6 is 24.2 Å². The second kappa shape index (κ2) is 7.12. The van der Waals surface area contributed by atoms with Gasteiger partial charge in [-0.25, -0.2) is 14.8 Å². The van der Waals surface area contributed by atoms with Crippen LogP contribution in [0.15, 0.2) is 40.1 Å². The van der Waals surface area contributed by atoms with Crippen molar-refractivity contribution in [1.82, 2.24) is 9.97 Å². The molecule has 1 aromatic heterocycles. The van der Waals surface area contributed by atoms with Crippen LogP contribution in [0.3, 0.4) is 0 Å². The van der Waals surface area contributed by atoms with Crippen LogP contribution in [0.4, 0.5) is 5.82 Å². The van der Waals surface area contributed by atoms with Crippen molar-refractivity contribution in [3.63, 3.8) is 0 Å². The van der Waals surface area contributed by atoms with Gasteiger partial charge in [-0.3, -0.25) is 0 Å². The molecule has 0 aliphatic carbocycles. The first-order valence-corrected chi connectivity index (χ1v) is 6.46. The van der Waals surface area contributed by atoms with E-state index in [1.165, 1.54) is 11.8 Å². The van der Waals surface area contributed by atoms with Crippen molar-refractivity contribution in [3.8, 4) is 0 Å². The molecule has 0 saturated carbocycles. The van der Waals surface area contributed by atoms with Gasteiger partial charge in [-0.2, -0.15) is 0 Å². The summed E-state index contributed by atoms with van der Waals surface area (Å²) in [5.74, 6) is -0.797. The van der Waals surface area contributed by atoms with Gasteiger partial charge in [0, 0.05) is 11.9 Å². The summed E-state index contributed by atoms with van der Waals surface area (Å²) in [6.45, 7) is 1.78. The molecule has 0 bridgehead atoms. The minimum atomic E-state index is -1.13. The van der Waals surface area contributed by atoms with Gasteiger partial charge in [0.1, 0.15) is 5.82 Å². The van der Waals surface area contributed by atoms with Gasteiger partial charge in [0.2, 0.25) is 5.82 Å². The van der Waals surface area contributed by atoms with E-state index in [-0.39, 0.29) is 18.2 Å². The predicted octanol–water partition coefficient (Wildman–Crippen LogP) is 3.10. The van der Waals surface area contributed by atoms with Crippen molar-refractivity contribution in [2.24, 2.45) is 0 Å². The van der Waals surface area contributed by atoms with Crippen molar-refractivity contribution in [2.75, 3.05) is 12.4 Å². The Morgan fingerprint density at radius 1 is 1.25 bits per heavy atom. The SMILES string of the molecule is CNc1nc(C(=O)O)nc(C)c1Sc1ccccc1.Cl. The number of aromatic nitrogens is 2. The highest BCUT2D eigenvalue weighted by atomic mass is 35.5. The topological polar surface area (TPSA) is 75.1 Å². The molecule has 1 heterocycles. The van der Waals surface area contributed by atoms with Crippen molar-refractivity contribution in [3.05, 3.63) is 41.9 Å². The van der Waals surface area contributed by atoms with E-state index in [0.29, 0.717) is 11.5 Å². The fourth-order valence-electron chi connectivity index (χ4n) is 1.56. The first-order chi connectivity index (χ1) is 9.11. The number of aromatic carboxylic acids is 1. The number of anilines is 1. The van der Waals surface area contributed by atoms with E-state index in [1.54, 1.807) is 14.0 Å². The van der Waals surface area contributed by atoms with Gasteiger partial charge in [-0.15, -0.1) is 12.4 Å². The number of nitrogens with one attached hydrogen (secondary N) is 1. The summed E-state index contributed by atoms with van der Waals surface area (Å²) in [4.78, 5) is 20.8. The van der Waals surface area contributed by atoms with Crippen molar-refractivity contribution in [1.29, 1.82) is 0 Å². The summed E-state index contributed by atoms with van der Waals surface area (Å²) >= 11 is 1.51. The van der Waals surface area contributed by atoms with E-state index in [9.17, 15) is 4.79 Å². The zero-order valence-electron chi connectivity index (χ0n) is 11.0. The molecule has 0 radical (unpaired) electrons. The highest BCUT2D eigenvalue weighted by Crippen LogP contribution is 2.34. The van der Waals surface area contributed by atoms with Gasteiger partial charge < -0.3 is 10.4 Å². The van der Waals surface area contributed by atoms with Gasteiger partial charge in [0.05, 0.1) is 10.6 Å². The molecule has 106 valence electrons. The summed E-state index contributed by atoms with van der Waals surface area (Å²) in [5, 5.41) is 11.9. The summed E-state index contributed by atoms with van der Waals surface area (Å²) in [5.41, 5.74) is 0.644. The van der Waals surface area contributed by atoms with E-state index in [0.717, 1.165) is 9.79 Å². The first kappa shape index (κ1) is 16.3. The summed E-state index contributed by atoms with van der Waals surface area (Å²) in [6.07, 6.45) is 0. The average molecular weight is 312 g/mol. The summed E-state index contributed by atoms with van der Waals surface area (Å²) in [7, 11) is 1.71. The minimum absolute atomic E-state index is 0. The molecular weight excluding hydrogens is 298 g/mol. The Bertz CT molecular complexity index is 608. The van der Waals surface area contributed by atoms with Crippen LogP contribution in [0.25, 0.3) is 0 Å². The van der Waals surface area contributed by atoms with Gasteiger partial charge in [0.25, 0.3) is 0 Å². The van der Waals surface area contributed by atoms with Gasteiger partial charge in [-0.05, 0) is 19.1 Å². The average Bonchev–Trinajstić information content (AvgIpc) is 2.41. The van der Waals surface area contributed by atoms with Crippen LogP contribution in [0, 0.1) is 6.92 Å². The van der Waals surface area contributed by atoms with Crippen LogP contribution in [0.1, 0.15) is 16.3 Å². The third-order valence-corrected chi connectivity index (χ3v) is 3.63. The fraction of sp³-hybridized carbons (Fsp3) is 0.154. The maximum absolute atomic E-state index is 10.9. The third-order valence-electron chi connectivity index (χ3n) is 2.43. The normalized spacial score (nSPS) is 9.70. The van der Waals surface area contributed by atoms with Crippen molar-refractivity contribution in [2.45, 2.75) is 16.7 Å². The van der Waals surface area contributed by atoms with E-state index in [2.05, 4.69) is 15.3 Å². The Morgan fingerprint density at radius 2 is 1.90 bits per heavy atom. The van der Waals surface area contributed by atoms with Crippen LogP contribution in [0.5, 0.6) is 0 Å². The maximum atomic E-state index is 10.9. The first-order valence-electron chi connectivity index (χ1n) is 5.64. The molecule has 0 aliphatic heterocycles. The monoisotopic (exact) mass is 311 g/mol. The van der Waals surface area contributed by atoms with Crippen LogP contribution in [-0.4, -0.2) is 28.1 Å². The number of carboxylic acids is 1. The van der Waals surface area contributed by atoms with Crippen molar-refractivity contribution < 1.29 is 9.90 Å². The minimum Gasteiger partial charge on any atom is -0.475 e. The van der Waals surface area contributed by atoms with E-state index < -0.39 is 5.97 Å². The van der Waals surface area contributed by atoms with Crippen LogP contribution < -0.4 is 5.32 Å². The molecule has 20 heavy (non-hydrogen) atoms. The molecule has 0 amide bonds. The van der Waals surface area contributed by atoms with E-state index in [1.807, 2.05) is 30.3 Å². The third kappa shape index (κ3) is 3.61. The number of benzene rings is 1. The molecule has 0 saturated heterocycles. The van der Waals surface area contributed by atoms with E-state index in [4.69, 9.17) is 5.11 Å². The molecule has 1 aromatic carbocycles. The highest BCUT2D eigenvalue weighted by Gasteiger charge is 2.15. The Kier molecular flexibility index (Phi) is 5.79. The number of nitrogens with zero attached hydrogens (tertiary/aromatic N) is 2. The molecule has 2 rings (SSSR count). The molecule has 0 atom stereocenters. The zero-order chi connectivity index (χ0) is 13.8. The Morgan fingerprint density at radius 3 is 2.45 bits per heavy atom. The Labute approximate surface area is 127 Å². The van der Waals surface area contributed by atoms with Crippen LogP contribution in [-0.2, 0) is 0 Å². The summed E-state index contributed by atoms with van der Waals surface area (Å²) in [6, 6.07) is 9.80. The lowest BCUT2D eigenvalue weighted by Gasteiger charge is -2.11. The second-order valence-electron chi connectivity index (χ2n) is 3.78.